The van der Waals surface area contributed by atoms with E-state index in [0.29, 0.717) is 18.8 Å². The minimum Gasteiger partial charge on any atom is -0.316 e. The van der Waals surface area contributed by atoms with E-state index < -0.39 is 4.92 Å². The second kappa shape index (κ2) is 8.52. The first-order valence-electron chi connectivity index (χ1n) is 8.20. The number of anilines is 1. The molecule has 0 radical (unpaired) electrons. The van der Waals surface area contributed by atoms with Crippen LogP contribution < -0.4 is 5.32 Å². The zero-order valence-electron chi connectivity index (χ0n) is 14.4. The van der Waals surface area contributed by atoms with Crippen LogP contribution in [0.15, 0.2) is 73.3 Å². The Balaban J connectivity index is 1.79. The summed E-state index contributed by atoms with van der Waals surface area (Å²) in [5.41, 5.74) is 2.07. The molecule has 0 aliphatic carbocycles. The Hall–Kier alpha value is -3.81. The first-order valence-corrected chi connectivity index (χ1v) is 8.20. The summed E-state index contributed by atoms with van der Waals surface area (Å²) in [6.07, 6.45) is 6.69. The molecule has 2 amide bonds. The summed E-state index contributed by atoms with van der Waals surface area (Å²) in [4.78, 5) is 32.9. The van der Waals surface area contributed by atoms with Crippen LogP contribution in [0.2, 0.25) is 0 Å². The minimum atomic E-state index is -0.500. The van der Waals surface area contributed by atoms with Gasteiger partial charge in [-0.2, -0.15) is 0 Å². The number of nitro groups is 1. The molecule has 27 heavy (non-hydrogen) atoms. The van der Waals surface area contributed by atoms with Crippen LogP contribution in [0.25, 0.3) is 0 Å². The lowest BCUT2D eigenvalue weighted by Gasteiger charge is -2.23. The fourth-order valence-corrected chi connectivity index (χ4v) is 2.52. The molecule has 0 aliphatic rings. The maximum absolute atomic E-state index is 12.8. The van der Waals surface area contributed by atoms with Gasteiger partial charge in [0, 0.05) is 55.7 Å². The normalized spacial score (nSPS) is 10.2. The number of rotatable bonds is 6. The number of non-ortho nitro benzene ring substituents is 1. The van der Waals surface area contributed by atoms with Crippen LogP contribution in [0.5, 0.6) is 0 Å². The predicted molar refractivity (Wildman–Crippen MR) is 99.8 cm³/mol. The first kappa shape index (κ1) is 18.0. The molecule has 8 nitrogen and oxygen atoms in total. The van der Waals surface area contributed by atoms with E-state index >= 15 is 0 Å². The van der Waals surface area contributed by atoms with E-state index in [-0.39, 0.29) is 11.7 Å². The summed E-state index contributed by atoms with van der Waals surface area (Å²) >= 11 is 0. The fourth-order valence-electron chi connectivity index (χ4n) is 2.52. The molecule has 3 rings (SSSR count). The average Bonchev–Trinajstić information content (AvgIpc) is 2.69. The molecule has 0 fully saturated rings. The van der Waals surface area contributed by atoms with E-state index in [1.54, 1.807) is 41.8 Å². The number of hydrogen-bond donors (Lipinski definition) is 1. The molecule has 0 saturated carbocycles. The summed E-state index contributed by atoms with van der Waals surface area (Å²) in [7, 11) is 0. The molecule has 0 atom stereocenters. The maximum Gasteiger partial charge on any atom is 0.322 e. The Morgan fingerprint density at radius 1 is 1.00 bits per heavy atom. The summed E-state index contributed by atoms with van der Waals surface area (Å²) in [5, 5.41) is 13.6. The van der Waals surface area contributed by atoms with E-state index in [1.807, 2.05) is 18.2 Å². The van der Waals surface area contributed by atoms with Crippen LogP contribution in [0, 0.1) is 10.1 Å². The van der Waals surface area contributed by atoms with Gasteiger partial charge in [0.2, 0.25) is 0 Å². The number of amides is 2. The molecule has 0 bridgehead atoms. The average molecular weight is 363 g/mol. The number of nitro benzene ring substituents is 1. The zero-order valence-corrected chi connectivity index (χ0v) is 14.4. The lowest BCUT2D eigenvalue weighted by molar-refractivity contribution is -0.384. The van der Waals surface area contributed by atoms with Gasteiger partial charge in [-0.15, -0.1) is 0 Å². The molecule has 0 unspecified atom stereocenters. The van der Waals surface area contributed by atoms with Crippen molar-refractivity contribution in [1.29, 1.82) is 0 Å². The highest BCUT2D eigenvalue weighted by Gasteiger charge is 2.16. The largest absolute Gasteiger partial charge is 0.322 e. The number of urea groups is 1. The SMILES string of the molecule is O=C(Nc1cccc([N+](=O)[O-])c1)N(Cc1ccncc1)Cc1cccnc1. The Morgan fingerprint density at radius 3 is 2.48 bits per heavy atom. The summed E-state index contributed by atoms with van der Waals surface area (Å²) in [6.45, 7) is 0.703. The van der Waals surface area contributed by atoms with Crippen molar-refractivity contribution < 1.29 is 9.72 Å². The van der Waals surface area contributed by atoms with Crippen molar-refractivity contribution in [2.75, 3.05) is 5.32 Å². The van der Waals surface area contributed by atoms with Gasteiger partial charge in [0.25, 0.3) is 5.69 Å². The minimum absolute atomic E-state index is 0.0826. The van der Waals surface area contributed by atoms with Gasteiger partial charge in [0.05, 0.1) is 4.92 Å². The summed E-state index contributed by atoms with van der Waals surface area (Å²) in [6, 6.07) is 12.8. The van der Waals surface area contributed by atoms with Crippen molar-refractivity contribution in [3.05, 3.63) is 94.6 Å². The van der Waals surface area contributed by atoms with Gasteiger partial charge in [-0.25, -0.2) is 4.79 Å². The third-order valence-corrected chi connectivity index (χ3v) is 3.81. The number of pyridine rings is 2. The quantitative estimate of drug-likeness (QED) is 0.532. The van der Waals surface area contributed by atoms with Crippen molar-refractivity contribution >= 4 is 17.4 Å². The zero-order chi connectivity index (χ0) is 19.1. The van der Waals surface area contributed by atoms with Gasteiger partial charge in [0.15, 0.2) is 0 Å². The molecule has 8 heteroatoms. The van der Waals surface area contributed by atoms with Crippen LogP contribution in [0.1, 0.15) is 11.1 Å². The van der Waals surface area contributed by atoms with Gasteiger partial charge in [-0.1, -0.05) is 12.1 Å². The van der Waals surface area contributed by atoms with E-state index in [1.165, 1.54) is 18.2 Å². The second-order valence-corrected chi connectivity index (χ2v) is 5.81. The van der Waals surface area contributed by atoms with Crippen LogP contribution >= 0.6 is 0 Å². The number of benzene rings is 1. The number of carbonyl (C=O) groups excluding carboxylic acids is 1. The lowest BCUT2D eigenvalue weighted by atomic mass is 10.2. The van der Waals surface area contributed by atoms with Crippen molar-refractivity contribution in [3.8, 4) is 0 Å². The molecule has 0 spiro atoms. The lowest BCUT2D eigenvalue weighted by Crippen LogP contribution is -2.34. The third-order valence-electron chi connectivity index (χ3n) is 3.81. The predicted octanol–water partition coefficient (Wildman–Crippen LogP) is 3.62. The first-order chi connectivity index (χ1) is 13.1. The molecule has 0 saturated heterocycles. The topological polar surface area (TPSA) is 101 Å². The number of carbonyl (C=O) groups is 1. The van der Waals surface area contributed by atoms with Crippen molar-refractivity contribution in [1.82, 2.24) is 14.9 Å². The Morgan fingerprint density at radius 2 is 1.78 bits per heavy atom. The number of nitrogens with one attached hydrogen (secondary N) is 1. The molecule has 1 aromatic carbocycles. The molecule has 2 heterocycles. The van der Waals surface area contributed by atoms with E-state index in [0.717, 1.165) is 11.1 Å². The molecule has 2 aromatic heterocycles. The third kappa shape index (κ3) is 5.08. The highest BCUT2D eigenvalue weighted by molar-refractivity contribution is 5.89. The number of aromatic nitrogens is 2. The van der Waals surface area contributed by atoms with Crippen LogP contribution in [-0.4, -0.2) is 25.8 Å². The Kier molecular flexibility index (Phi) is 5.68. The van der Waals surface area contributed by atoms with Crippen LogP contribution in [0.4, 0.5) is 16.2 Å². The Bertz CT molecular complexity index is 877. The highest BCUT2D eigenvalue weighted by atomic mass is 16.6. The number of hydrogen-bond acceptors (Lipinski definition) is 5. The van der Waals surface area contributed by atoms with Gasteiger partial charge >= 0.3 is 6.03 Å². The van der Waals surface area contributed by atoms with Gasteiger partial charge in [-0.3, -0.25) is 20.1 Å². The highest BCUT2D eigenvalue weighted by Crippen LogP contribution is 2.18. The molecular weight excluding hydrogens is 346 g/mol. The van der Waals surface area contributed by atoms with Crippen LogP contribution in [-0.2, 0) is 13.1 Å². The smallest absolute Gasteiger partial charge is 0.316 e. The molecular formula is C19H17N5O3. The molecule has 0 aliphatic heterocycles. The van der Waals surface area contributed by atoms with Crippen molar-refractivity contribution in [2.45, 2.75) is 13.1 Å². The van der Waals surface area contributed by atoms with Crippen molar-refractivity contribution in [2.24, 2.45) is 0 Å². The molecule has 136 valence electrons. The molecule has 3 aromatic rings. The number of nitrogens with zero attached hydrogens (tertiary/aromatic N) is 4. The molecule has 1 N–H and O–H groups in total. The summed E-state index contributed by atoms with van der Waals surface area (Å²) in [5.74, 6) is 0. The summed E-state index contributed by atoms with van der Waals surface area (Å²) < 4.78 is 0. The maximum atomic E-state index is 12.8. The Labute approximate surface area is 155 Å². The van der Waals surface area contributed by atoms with Crippen LogP contribution in [0.3, 0.4) is 0 Å². The van der Waals surface area contributed by atoms with Gasteiger partial charge in [0.1, 0.15) is 0 Å². The monoisotopic (exact) mass is 363 g/mol. The standard InChI is InChI=1S/C19H17N5O3/c25-19(22-17-4-1-5-18(11-17)24(26)27)23(13-15-6-9-20-10-7-15)14-16-3-2-8-21-12-16/h1-12H,13-14H2,(H,22,25). The van der Waals surface area contributed by atoms with Gasteiger partial charge in [-0.05, 0) is 35.4 Å². The van der Waals surface area contributed by atoms with Gasteiger partial charge < -0.3 is 10.2 Å². The fraction of sp³-hybridized carbons (Fsp3) is 0.105. The van der Waals surface area contributed by atoms with E-state index in [4.69, 9.17) is 0 Å². The van der Waals surface area contributed by atoms with Crippen molar-refractivity contribution in [3.63, 3.8) is 0 Å². The van der Waals surface area contributed by atoms with E-state index in [2.05, 4.69) is 15.3 Å². The second-order valence-electron chi connectivity index (χ2n) is 5.81. The van der Waals surface area contributed by atoms with E-state index in [9.17, 15) is 14.9 Å².